The van der Waals surface area contributed by atoms with Crippen LogP contribution in [0.15, 0.2) is 18.2 Å². The summed E-state index contributed by atoms with van der Waals surface area (Å²) in [6, 6.07) is 3.78. The molecule has 6 heteroatoms. The first kappa shape index (κ1) is 11.4. The minimum absolute atomic E-state index is 0.0580. The number of aromatic hydroxyl groups is 1. The molecule has 0 bridgehead atoms. The number of anilines is 1. The Hall–Kier alpha value is -1.72. The minimum atomic E-state index is -4.93. The quantitative estimate of drug-likeness (QED) is 0.760. The molecule has 0 fully saturated rings. The Morgan fingerprint density at radius 3 is 2.53 bits per heavy atom. The summed E-state index contributed by atoms with van der Waals surface area (Å²) >= 11 is 0. The molecule has 0 radical (unpaired) electrons. The number of alkyl halides is 3. The van der Waals surface area contributed by atoms with Crippen molar-refractivity contribution in [1.29, 1.82) is 0 Å². The topological polar surface area (TPSA) is 49.3 Å². The highest BCUT2D eigenvalue weighted by Gasteiger charge is 2.38. The van der Waals surface area contributed by atoms with E-state index in [1.54, 1.807) is 5.32 Å². The molecule has 2 N–H and O–H groups in total. The highest BCUT2D eigenvalue weighted by atomic mass is 19.4. The number of aryl methyl sites for hydroxylation is 1. The van der Waals surface area contributed by atoms with Crippen molar-refractivity contribution in [3.05, 3.63) is 23.8 Å². The van der Waals surface area contributed by atoms with Crippen LogP contribution in [0.2, 0.25) is 0 Å². The van der Waals surface area contributed by atoms with Crippen molar-refractivity contribution in [2.24, 2.45) is 0 Å². The molecule has 0 aliphatic carbocycles. The van der Waals surface area contributed by atoms with Crippen LogP contribution in [0.1, 0.15) is 5.56 Å². The van der Waals surface area contributed by atoms with Crippen molar-refractivity contribution >= 4 is 11.6 Å². The highest BCUT2D eigenvalue weighted by Crippen LogP contribution is 2.23. The maximum absolute atomic E-state index is 11.9. The van der Waals surface area contributed by atoms with E-state index in [1.165, 1.54) is 19.1 Å². The summed E-state index contributed by atoms with van der Waals surface area (Å²) in [4.78, 5) is 10.6. The standard InChI is InChI=1S/C9H8F3NO2/c1-5-2-3-6(14)4-7(5)13-8(15)9(10,11)12/h2-4,14H,1H3,(H,13,15). The van der Waals surface area contributed by atoms with E-state index in [9.17, 15) is 18.0 Å². The van der Waals surface area contributed by atoms with Gasteiger partial charge >= 0.3 is 12.1 Å². The zero-order valence-corrected chi connectivity index (χ0v) is 7.72. The molecule has 0 unspecified atom stereocenters. The van der Waals surface area contributed by atoms with Gasteiger partial charge in [0, 0.05) is 11.8 Å². The maximum atomic E-state index is 11.9. The molecule has 1 amide bonds. The van der Waals surface area contributed by atoms with Gasteiger partial charge in [-0.2, -0.15) is 13.2 Å². The fraction of sp³-hybridized carbons (Fsp3) is 0.222. The van der Waals surface area contributed by atoms with Crippen molar-refractivity contribution < 1.29 is 23.1 Å². The smallest absolute Gasteiger partial charge is 0.471 e. The van der Waals surface area contributed by atoms with Gasteiger partial charge in [0.1, 0.15) is 5.75 Å². The number of carbonyl (C=O) groups is 1. The Bertz CT molecular complexity index is 387. The number of phenols is 1. The summed E-state index contributed by atoms with van der Waals surface area (Å²) in [6.07, 6.45) is -4.93. The molecular weight excluding hydrogens is 211 g/mol. The van der Waals surface area contributed by atoms with Gasteiger partial charge in [-0.3, -0.25) is 4.79 Å². The minimum Gasteiger partial charge on any atom is -0.508 e. The molecule has 82 valence electrons. The van der Waals surface area contributed by atoms with Crippen LogP contribution in [0.5, 0.6) is 5.75 Å². The summed E-state index contributed by atoms with van der Waals surface area (Å²) in [6.45, 7) is 1.52. The van der Waals surface area contributed by atoms with Gasteiger partial charge in [0.25, 0.3) is 0 Å². The van der Waals surface area contributed by atoms with Gasteiger partial charge in [-0.05, 0) is 18.6 Å². The number of rotatable bonds is 1. The lowest BCUT2D eigenvalue weighted by molar-refractivity contribution is -0.167. The predicted molar refractivity (Wildman–Crippen MR) is 47.5 cm³/mol. The molecule has 0 spiro atoms. The number of hydrogen-bond donors (Lipinski definition) is 2. The van der Waals surface area contributed by atoms with Crippen LogP contribution in [0.4, 0.5) is 18.9 Å². The van der Waals surface area contributed by atoms with Gasteiger partial charge in [0.05, 0.1) is 0 Å². The summed E-state index contributed by atoms with van der Waals surface area (Å²) < 4.78 is 35.7. The number of phenolic OH excluding ortho intramolecular Hbond substituents is 1. The Morgan fingerprint density at radius 1 is 1.40 bits per heavy atom. The van der Waals surface area contributed by atoms with Gasteiger partial charge in [0.15, 0.2) is 0 Å². The van der Waals surface area contributed by atoms with Crippen LogP contribution < -0.4 is 5.32 Å². The molecule has 0 atom stereocenters. The molecule has 0 aromatic heterocycles. The summed E-state index contributed by atoms with van der Waals surface area (Å²) in [5.74, 6) is -2.27. The second kappa shape index (κ2) is 3.80. The third-order valence-electron chi connectivity index (χ3n) is 1.73. The van der Waals surface area contributed by atoms with Crippen LogP contribution in [0, 0.1) is 6.92 Å². The first-order valence-electron chi connectivity index (χ1n) is 3.98. The molecule has 0 saturated heterocycles. The van der Waals surface area contributed by atoms with Gasteiger partial charge in [-0.25, -0.2) is 0 Å². The predicted octanol–water partition coefficient (Wildman–Crippen LogP) is 2.20. The Labute approximate surface area is 83.5 Å². The average molecular weight is 219 g/mol. The second-order valence-electron chi connectivity index (χ2n) is 2.95. The van der Waals surface area contributed by atoms with Gasteiger partial charge in [0.2, 0.25) is 0 Å². The van der Waals surface area contributed by atoms with Crippen LogP contribution in [-0.2, 0) is 4.79 Å². The number of carbonyl (C=O) groups excluding carboxylic acids is 1. The maximum Gasteiger partial charge on any atom is 0.471 e. The van der Waals surface area contributed by atoms with Gasteiger partial charge < -0.3 is 10.4 Å². The van der Waals surface area contributed by atoms with E-state index in [-0.39, 0.29) is 11.4 Å². The summed E-state index contributed by atoms with van der Waals surface area (Å²) in [5, 5.41) is 10.7. The van der Waals surface area contributed by atoms with E-state index in [2.05, 4.69) is 0 Å². The molecule has 0 aliphatic heterocycles. The normalized spacial score (nSPS) is 11.2. The number of halogens is 3. The number of benzene rings is 1. The fourth-order valence-electron chi connectivity index (χ4n) is 0.938. The molecule has 3 nitrogen and oxygen atoms in total. The Kier molecular flexibility index (Phi) is 2.88. The van der Waals surface area contributed by atoms with Crippen molar-refractivity contribution in [2.75, 3.05) is 5.32 Å². The molecule has 15 heavy (non-hydrogen) atoms. The SMILES string of the molecule is Cc1ccc(O)cc1NC(=O)C(F)(F)F. The van der Waals surface area contributed by atoms with Gasteiger partial charge in [-0.15, -0.1) is 0 Å². The van der Waals surface area contributed by atoms with E-state index < -0.39 is 12.1 Å². The fourth-order valence-corrected chi connectivity index (χ4v) is 0.938. The zero-order valence-electron chi connectivity index (χ0n) is 7.72. The third kappa shape index (κ3) is 2.87. The van der Waals surface area contributed by atoms with Crippen molar-refractivity contribution in [3.8, 4) is 5.75 Å². The Balaban J connectivity index is 2.90. The van der Waals surface area contributed by atoms with E-state index >= 15 is 0 Å². The highest BCUT2D eigenvalue weighted by molar-refractivity contribution is 5.95. The Morgan fingerprint density at radius 2 is 2.00 bits per heavy atom. The van der Waals surface area contributed by atoms with Crippen LogP contribution in [0.3, 0.4) is 0 Å². The molecular formula is C9H8F3NO2. The molecule has 1 aromatic rings. The van der Waals surface area contributed by atoms with E-state index in [0.29, 0.717) is 5.56 Å². The average Bonchev–Trinajstić information content (AvgIpc) is 2.09. The first-order chi connectivity index (χ1) is 6.80. The third-order valence-corrected chi connectivity index (χ3v) is 1.73. The molecule has 0 heterocycles. The van der Waals surface area contributed by atoms with Crippen LogP contribution in [-0.4, -0.2) is 17.2 Å². The largest absolute Gasteiger partial charge is 0.508 e. The lowest BCUT2D eigenvalue weighted by atomic mass is 10.2. The molecule has 0 saturated carbocycles. The van der Waals surface area contributed by atoms with E-state index in [0.717, 1.165) is 6.07 Å². The number of hydrogen-bond acceptors (Lipinski definition) is 2. The zero-order chi connectivity index (χ0) is 11.6. The number of amides is 1. The van der Waals surface area contributed by atoms with Gasteiger partial charge in [-0.1, -0.05) is 6.07 Å². The van der Waals surface area contributed by atoms with Crippen molar-refractivity contribution in [2.45, 2.75) is 13.1 Å². The molecule has 0 aliphatic rings. The summed E-state index contributed by atoms with van der Waals surface area (Å²) in [7, 11) is 0. The monoisotopic (exact) mass is 219 g/mol. The van der Waals surface area contributed by atoms with Crippen molar-refractivity contribution in [3.63, 3.8) is 0 Å². The molecule has 1 rings (SSSR count). The second-order valence-corrected chi connectivity index (χ2v) is 2.95. The van der Waals surface area contributed by atoms with E-state index in [1.807, 2.05) is 0 Å². The molecule has 1 aromatic carbocycles. The number of nitrogens with one attached hydrogen (secondary N) is 1. The lowest BCUT2D eigenvalue weighted by Crippen LogP contribution is -2.30. The first-order valence-corrected chi connectivity index (χ1v) is 3.98. The summed E-state index contributed by atoms with van der Waals surface area (Å²) in [5.41, 5.74) is 0.378. The lowest BCUT2D eigenvalue weighted by Gasteiger charge is -2.10. The van der Waals surface area contributed by atoms with Crippen LogP contribution in [0.25, 0.3) is 0 Å². The van der Waals surface area contributed by atoms with Crippen LogP contribution >= 0.6 is 0 Å². The van der Waals surface area contributed by atoms with E-state index in [4.69, 9.17) is 5.11 Å². The van der Waals surface area contributed by atoms with Crippen molar-refractivity contribution in [1.82, 2.24) is 0 Å².